The molecule has 1 amide bonds. The molecule has 30 heavy (non-hydrogen) atoms. The largest absolute Gasteiger partial charge is 0.496 e. The number of nitrogens with one attached hydrogen (secondary N) is 1. The number of aromatic amines is 1. The van der Waals surface area contributed by atoms with Gasteiger partial charge in [0.05, 0.1) is 24.0 Å². The number of fused-ring (bicyclic) bond motifs is 1. The smallest absolute Gasteiger partial charge is 0.229 e. The highest BCUT2D eigenvalue weighted by Crippen LogP contribution is 2.40. The van der Waals surface area contributed by atoms with Crippen LogP contribution in [0.25, 0.3) is 22.2 Å². The predicted molar refractivity (Wildman–Crippen MR) is 112 cm³/mol. The van der Waals surface area contributed by atoms with Gasteiger partial charge in [0.1, 0.15) is 5.75 Å². The second-order valence-electron chi connectivity index (χ2n) is 6.96. The van der Waals surface area contributed by atoms with Crippen molar-refractivity contribution in [3.05, 3.63) is 59.8 Å². The van der Waals surface area contributed by atoms with Gasteiger partial charge in [-0.2, -0.15) is 5.10 Å². The van der Waals surface area contributed by atoms with E-state index in [1.165, 1.54) is 30.2 Å². The molecule has 0 fully saturated rings. The van der Waals surface area contributed by atoms with Crippen molar-refractivity contribution in [2.24, 2.45) is 0 Å². The summed E-state index contributed by atoms with van der Waals surface area (Å²) in [4.78, 5) is 22.5. The Morgan fingerprint density at radius 1 is 1.20 bits per heavy atom. The Kier molecular flexibility index (Phi) is 4.91. The zero-order valence-electron chi connectivity index (χ0n) is 17.0. The van der Waals surface area contributed by atoms with E-state index in [1.54, 1.807) is 19.4 Å². The maximum absolute atomic E-state index is 14.6. The Morgan fingerprint density at radius 3 is 2.63 bits per heavy atom. The summed E-state index contributed by atoms with van der Waals surface area (Å²) in [5.41, 5.74) is 4.14. The lowest BCUT2D eigenvalue weighted by molar-refractivity contribution is -0.115. The van der Waals surface area contributed by atoms with Crippen LogP contribution in [0.1, 0.15) is 18.2 Å². The molecule has 0 aliphatic heterocycles. The van der Waals surface area contributed by atoms with Gasteiger partial charge in [0.25, 0.3) is 0 Å². The van der Waals surface area contributed by atoms with E-state index < -0.39 is 5.82 Å². The van der Waals surface area contributed by atoms with E-state index in [0.717, 1.165) is 11.3 Å². The maximum Gasteiger partial charge on any atom is 0.229 e. The van der Waals surface area contributed by atoms with Crippen molar-refractivity contribution in [2.45, 2.75) is 20.8 Å². The average Bonchev–Trinajstić information content (AvgIpc) is 3.16. The zero-order valence-corrected chi connectivity index (χ0v) is 17.0. The first-order valence-electron chi connectivity index (χ1n) is 9.31. The van der Waals surface area contributed by atoms with Gasteiger partial charge in [0.2, 0.25) is 5.91 Å². The molecule has 0 radical (unpaired) electrons. The van der Waals surface area contributed by atoms with Crippen molar-refractivity contribution in [3.63, 3.8) is 0 Å². The molecule has 0 saturated heterocycles. The number of rotatable bonds is 4. The molecule has 7 nitrogen and oxygen atoms in total. The summed E-state index contributed by atoms with van der Waals surface area (Å²) in [6.07, 6.45) is 3.10. The number of pyridine rings is 2. The summed E-state index contributed by atoms with van der Waals surface area (Å²) in [6, 6.07) is 8.30. The fraction of sp³-hybridized carbons (Fsp3) is 0.182. The van der Waals surface area contributed by atoms with E-state index >= 15 is 0 Å². The Balaban J connectivity index is 2.05. The second-order valence-corrected chi connectivity index (χ2v) is 6.96. The topological polar surface area (TPSA) is 84.0 Å². The number of halogens is 1. The number of nitrogens with zero attached hydrogens (tertiary/aromatic N) is 4. The van der Waals surface area contributed by atoms with Crippen molar-refractivity contribution >= 4 is 28.3 Å². The number of carbonyl (C=O) groups is 1. The van der Waals surface area contributed by atoms with Gasteiger partial charge < -0.3 is 4.74 Å². The van der Waals surface area contributed by atoms with E-state index in [1.807, 2.05) is 26.0 Å². The molecule has 3 aromatic heterocycles. The second kappa shape index (κ2) is 7.55. The lowest BCUT2D eigenvalue weighted by Gasteiger charge is -2.24. The van der Waals surface area contributed by atoms with Crippen LogP contribution < -0.4 is 9.64 Å². The molecule has 4 aromatic rings. The van der Waals surface area contributed by atoms with Gasteiger partial charge in [0, 0.05) is 42.0 Å². The number of anilines is 2. The summed E-state index contributed by atoms with van der Waals surface area (Å²) in [5, 5.41) is 7.91. The number of benzene rings is 1. The first-order valence-corrected chi connectivity index (χ1v) is 9.31. The van der Waals surface area contributed by atoms with Gasteiger partial charge in [-0.3, -0.25) is 19.8 Å². The molecule has 0 atom stereocenters. The number of amides is 1. The van der Waals surface area contributed by atoms with E-state index in [2.05, 4.69) is 20.2 Å². The van der Waals surface area contributed by atoms with E-state index in [0.29, 0.717) is 33.6 Å². The third-order valence-corrected chi connectivity index (χ3v) is 4.81. The Bertz CT molecular complexity index is 1270. The zero-order chi connectivity index (χ0) is 21.4. The molecule has 0 bridgehead atoms. The molecule has 1 N–H and O–H groups in total. The lowest BCUT2D eigenvalue weighted by atomic mass is 10.0. The first-order chi connectivity index (χ1) is 14.4. The van der Waals surface area contributed by atoms with Crippen LogP contribution in [0.5, 0.6) is 5.75 Å². The molecule has 3 heterocycles. The number of carbonyl (C=O) groups excluding carboxylic acids is 1. The lowest BCUT2D eigenvalue weighted by Crippen LogP contribution is -2.26. The third-order valence-electron chi connectivity index (χ3n) is 4.81. The van der Waals surface area contributed by atoms with Crippen LogP contribution in [0.2, 0.25) is 0 Å². The summed E-state index contributed by atoms with van der Waals surface area (Å²) < 4.78 is 20.1. The summed E-state index contributed by atoms with van der Waals surface area (Å²) >= 11 is 0. The van der Waals surface area contributed by atoms with Crippen molar-refractivity contribution in [2.75, 3.05) is 12.0 Å². The third kappa shape index (κ3) is 3.26. The summed E-state index contributed by atoms with van der Waals surface area (Å²) in [7, 11) is 1.57. The number of H-pyrrole nitrogens is 1. The van der Waals surface area contributed by atoms with Gasteiger partial charge in [-0.1, -0.05) is 0 Å². The van der Waals surface area contributed by atoms with E-state index in [9.17, 15) is 9.18 Å². The fourth-order valence-electron chi connectivity index (χ4n) is 3.48. The quantitative estimate of drug-likeness (QED) is 0.542. The maximum atomic E-state index is 14.6. The van der Waals surface area contributed by atoms with Crippen LogP contribution in [0, 0.1) is 19.7 Å². The molecule has 0 unspecified atom stereocenters. The van der Waals surface area contributed by atoms with Crippen LogP contribution in [0.15, 0.2) is 42.7 Å². The minimum absolute atomic E-state index is 0.0615. The fourth-order valence-corrected chi connectivity index (χ4v) is 3.48. The summed E-state index contributed by atoms with van der Waals surface area (Å²) in [6.45, 7) is 5.10. The molecule has 4 rings (SSSR count). The number of aryl methyl sites for hydroxylation is 2. The van der Waals surface area contributed by atoms with E-state index in [4.69, 9.17) is 4.74 Å². The number of hydrogen-bond donors (Lipinski definition) is 1. The molecule has 8 heteroatoms. The van der Waals surface area contributed by atoms with Crippen LogP contribution >= 0.6 is 0 Å². The summed E-state index contributed by atoms with van der Waals surface area (Å²) in [5.74, 6) is -0.423. The van der Waals surface area contributed by atoms with Crippen LogP contribution in [0.4, 0.5) is 15.9 Å². The minimum Gasteiger partial charge on any atom is -0.496 e. The first kappa shape index (κ1) is 19.5. The SMILES string of the molecule is COc1cc2ncc(C)c(N(C(C)=O)c3ncccc3F)c2cc1-c1cc(C)[nH]n1. The van der Waals surface area contributed by atoms with Crippen molar-refractivity contribution in [3.8, 4) is 17.0 Å². The molecule has 0 aliphatic carbocycles. The number of aromatic nitrogens is 4. The number of methoxy groups -OCH3 is 1. The van der Waals surface area contributed by atoms with Crippen LogP contribution in [0.3, 0.4) is 0 Å². The Hall–Kier alpha value is -3.81. The standard InChI is InChI=1S/C22H20FN5O2/c1-12-11-25-18-10-20(30-4)15(19-8-13(2)26-27-19)9-16(18)21(12)28(14(3)29)22-17(23)6-5-7-24-22/h5-11H,1-4H3,(H,26,27). The molecular weight excluding hydrogens is 385 g/mol. The molecule has 0 spiro atoms. The Morgan fingerprint density at radius 2 is 2.00 bits per heavy atom. The van der Waals surface area contributed by atoms with Gasteiger partial charge in [-0.25, -0.2) is 9.37 Å². The normalized spacial score (nSPS) is 11.0. The van der Waals surface area contributed by atoms with Crippen molar-refractivity contribution < 1.29 is 13.9 Å². The molecular formula is C22H20FN5O2. The minimum atomic E-state index is -0.589. The van der Waals surface area contributed by atoms with Gasteiger partial charge in [0.15, 0.2) is 11.6 Å². The molecule has 0 saturated carbocycles. The molecule has 1 aromatic carbocycles. The number of hydrogen-bond acceptors (Lipinski definition) is 5. The van der Waals surface area contributed by atoms with Gasteiger partial charge >= 0.3 is 0 Å². The average molecular weight is 405 g/mol. The van der Waals surface area contributed by atoms with Crippen LogP contribution in [-0.4, -0.2) is 33.2 Å². The van der Waals surface area contributed by atoms with Gasteiger partial charge in [-0.15, -0.1) is 0 Å². The van der Waals surface area contributed by atoms with Crippen molar-refractivity contribution in [1.29, 1.82) is 0 Å². The van der Waals surface area contributed by atoms with Gasteiger partial charge in [-0.05, 0) is 43.7 Å². The number of ether oxygens (including phenoxy) is 1. The highest BCUT2D eigenvalue weighted by atomic mass is 19.1. The van der Waals surface area contributed by atoms with Crippen LogP contribution in [-0.2, 0) is 4.79 Å². The molecule has 0 aliphatic rings. The highest BCUT2D eigenvalue weighted by molar-refractivity contribution is 6.08. The van der Waals surface area contributed by atoms with Crippen molar-refractivity contribution in [1.82, 2.24) is 20.2 Å². The monoisotopic (exact) mass is 405 g/mol. The Labute approximate surface area is 172 Å². The predicted octanol–water partition coefficient (Wildman–Crippen LogP) is 4.47. The highest BCUT2D eigenvalue weighted by Gasteiger charge is 2.24. The van der Waals surface area contributed by atoms with E-state index in [-0.39, 0.29) is 11.7 Å². The molecule has 152 valence electrons.